The summed E-state index contributed by atoms with van der Waals surface area (Å²) >= 11 is 0. The van der Waals surface area contributed by atoms with Gasteiger partial charge >= 0.3 is 0 Å². The average molecular weight is 294 g/mol. The van der Waals surface area contributed by atoms with Crippen molar-refractivity contribution in [2.75, 3.05) is 11.4 Å². The first-order chi connectivity index (χ1) is 10.7. The Bertz CT molecular complexity index is 813. The van der Waals surface area contributed by atoms with Crippen LogP contribution in [-0.2, 0) is 0 Å². The minimum atomic E-state index is -0.272. The van der Waals surface area contributed by atoms with Crippen LogP contribution < -0.4 is 4.90 Å². The molecule has 22 heavy (non-hydrogen) atoms. The van der Waals surface area contributed by atoms with Gasteiger partial charge in [-0.2, -0.15) is 5.10 Å². The number of fused-ring (bicyclic) bond motifs is 1. The summed E-state index contributed by atoms with van der Waals surface area (Å²) in [5.41, 5.74) is 3.00. The standard InChI is InChI=1S/C17H18N4O/c1-11-8-13(22)10-21(11)16-9-12(6-7-18-16)17-14-4-2-3-5-15(14)19-20-17/h2-7,9,11,13,22H,8,10H2,1H3,(H,19,20). The molecular weight excluding hydrogens is 276 g/mol. The van der Waals surface area contributed by atoms with E-state index in [9.17, 15) is 5.11 Å². The molecule has 0 spiro atoms. The van der Waals surface area contributed by atoms with E-state index in [0.29, 0.717) is 12.6 Å². The minimum absolute atomic E-state index is 0.272. The number of pyridine rings is 1. The lowest BCUT2D eigenvalue weighted by Gasteiger charge is -2.22. The number of benzene rings is 1. The molecule has 2 aromatic heterocycles. The summed E-state index contributed by atoms with van der Waals surface area (Å²) in [6.07, 6.45) is 2.33. The summed E-state index contributed by atoms with van der Waals surface area (Å²) in [5.74, 6) is 0.897. The summed E-state index contributed by atoms with van der Waals surface area (Å²) in [6, 6.07) is 12.4. The molecule has 0 radical (unpaired) electrons. The second kappa shape index (κ2) is 5.10. The van der Waals surface area contributed by atoms with Crippen molar-refractivity contribution in [2.24, 2.45) is 0 Å². The van der Waals surface area contributed by atoms with Crippen molar-refractivity contribution in [2.45, 2.75) is 25.5 Å². The van der Waals surface area contributed by atoms with Crippen LogP contribution >= 0.6 is 0 Å². The number of hydrogen-bond donors (Lipinski definition) is 2. The lowest BCUT2D eigenvalue weighted by atomic mass is 10.1. The fraction of sp³-hybridized carbons (Fsp3) is 0.294. The highest BCUT2D eigenvalue weighted by molar-refractivity contribution is 5.93. The van der Waals surface area contributed by atoms with Crippen LogP contribution in [0.1, 0.15) is 13.3 Å². The monoisotopic (exact) mass is 294 g/mol. The Morgan fingerprint density at radius 1 is 1.27 bits per heavy atom. The van der Waals surface area contributed by atoms with Crippen molar-refractivity contribution in [1.82, 2.24) is 15.2 Å². The van der Waals surface area contributed by atoms with Crippen LogP contribution in [0.5, 0.6) is 0 Å². The van der Waals surface area contributed by atoms with Crippen LogP contribution in [0, 0.1) is 0 Å². The van der Waals surface area contributed by atoms with E-state index in [4.69, 9.17) is 0 Å². The molecule has 0 aliphatic carbocycles. The van der Waals surface area contributed by atoms with Crippen LogP contribution in [0.15, 0.2) is 42.6 Å². The van der Waals surface area contributed by atoms with Gasteiger partial charge in [0.15, 0.2) is 0 Å². The number of aliphatic hydroxyl groups is 1. The SMILES string of the molecule is CC1CC(O)CN1c1cc(-c2n[nH]c3ccccc23)ccn1. The van der Waals surface area contributed by atoms with E-state index < -0.39 is 0 Å². The van der Waals surface area contributed by atoms with Gasteiger partial charge in [-0.25, -0.2) is 4.98 Å². The number of hydrogen-bond acceptors (Lipinski definition) is 4. The third kappa shape index (κ3) is 2.14. The smallest absolute Gasteiger partial charge is 0.129 e. The molecule has 2 atom stereocenters. The molecule has 0 saturated carbocycles. The summed E-state index contributed by atoms with van der Waals surface area (Å²) in [4.78, 5) is 6.63. The lowest BCUT2D eigenvalue weighted by molar-refractivity contribution is 0.195. The Morgan fingerprint density at radius 3 is 2.95 bits per heavy atom. The van der Waals surface area contributed by atoms with Crippen LogP contribution in [0.2, 0.25) is 0 Å². The molecule has 1 fully saturated rings. The molecule has 3 aromatic rings. The van der Waals surface area contributed by atoms with Crippen molar-refractivity contribution in [1.29, 1.82) is 0 Å². The Kier molecular flexibility index (Phi) is 3.08. The number of β-amino-alcohol motifs (C(OH)–C–C–N with tert-alkyl or cyclic N) is 1. The quantitative estimate of drug-likeness (QED) is 0.762. The molecule has 1 aliphatic rings. The highest BCUT2D eigenvalue weighted by Crippen LogP contribution is 2.30. The van der Waals surface area contributed by atoms with Gasteiger partial charge in [0.05, 0.1) is 11.6 Å². The second-order valence-electron chi connectivity index (χ2n) is 5.91. The van der Waals surface area contributed by atoms with E-state index in [2.05, 4.69) is 39.1 Å². The number of aromatic amines is 1. The van der Waals surface area contributed by atoms with E-state index in [-0.39, 0.29) is 6.10 Å². The fourth-order valence-electron chi connectivity index (χ4n) is 3.23. The van der Waals surface area contributed by atoms with Crippen LogP contribution in [-0.4, -0.2) is 39.0 Å². The largest absolute Gasteiger partial charge is 0.391 e. The number of rotatable bonds is 2. The molecule has 0 bridgehead atoms. The van der Waals surface area contributed by atoms with Gasteiger partial charge in [-0.05, 0) is 31.5 Å². The summed E-state index contributed by atoms with van der Waals surface area (Å²) in [7, 11) is 0. The first kappa shape index (κ1) is 13.3. The number of nitrogens with zero attached hydrogens (tertiary/aromatic N) is 3. The van der Waals surface area contributed by atoms with Crippen molar-refractivity contribution in [3.8, 4) is 11.3 Å². The van der Waals surface area contributed by atoms with Crippen LogP contribution in [0.4, 0.5) is 5.82 Å². The van der Waals surface area contributed by atoms with Crippen molar-refractivity contribution < 1.29 is 5.11 Å². The maximum atomic E-state index is 9.84. The average Bonchev–Trinajstić information content (AvgIpc) is 3.10. The molecule has 0 amide bonds. The topological polar surface area (TPSA) is 65.0 Å². The second-order valence-corrected chi connectivity index (χ2v) is 5.91. The molecule has 1 aromatic carbocycles. The van der Waals surface area contributed by atoms with Crippen molar-refractivity contribution in [3.63, 3.8) is 0 Å². The number of anilines is 1. The highest BCUT2D eigenvalue weighted by Gasteiger charge is 2.28. The third-order valence-electron chi connectivity index (χ3n) is 4.34. The molecule has 2 N–H and O–H groups in total. The maximum absolute atomic E-state index is 9.84. The Labute approximate surface area is 128 Å². The van der Waals surface area contributed by atoms with Gasteiger partial charge < -0.3 is 10.0 Å². The van der Waals surface area contributed by atoms with E-state index in [1.807, 2.05) is 30.5 Å². The van der Waals surface area contributed by atoms with Gasteiger partial charge in [0, 0.05) is 29.7 Å². The number of H-pyrrole nitrogens is 1. The molecule has 5 nitrogen and oxygen atoms in total. The maximum Gasteiger partial charge on any atom is 0.129 e. The van der Waals surface area contributed by atoms with E-state index in [1.54, 1.807) is 0 Å². The predicted molar refractivity (Wildman–Crippen MR) is 86.8 cm³/mol. The van der Waals surface area contributed by atoms with Gasteiger partial charge in [0.1, 0.15) is 11.5 Å². The first-order valence-corrected chi connectivity index (χ1v) is 7.56. The molecule has 1 aliphatic heterocycles. The van der Waals surface area contributed by atoms with E-state index >= 15 is 0 Å². The minimum Gasteiger partial charge on any atom is -0.391 e. The Morgan fingerprint density at radius 2 is 2.14 bits per heavy atom. The van der Waals surface area contributed by atoms with Crippen molar-refractivity contribution >= 4 is 16.7 Å². The zero-order chi connectivity index (χ0) is 15.1. The first-order valence-electron chi connectivity index (χ1n) is 7.56. The van der Waals surface area contributed by atoms with Gasteiger partial charge in [-0.1, -0.05) is 18.2 Å². The number of para-hydroxylation sites is 1. The fourth-order valence-corrected chi connectivity index (χ4v) is 3.23. The highest BCUT2D eigenvalue weighted by atomic mass is 16.3. The lowest BCUT2D eigenvalue weighted by Crippen LogP contribution is -2.28. The zero-order valence-electron chi connectivity index (χ0n) is 12.4. The summed E-state index contributed by atoms with van der Waals surface area (Å²) in [5, 5.41) is 18.5. The van der Waals surface area contributed by atoms with E-state index in [0.717, 1.165) is 34.4 Å². The van der Waals surface area contributed by atoms with Gasteiger partial charge in [0.25, 0.3) is 0 Å². The molecule has 1 saturated heterocycles. The third-order valence-corrected chi connectivity index (χ3v) is 4.34. The molecule has 2 unspecified atom stereocenters. The van der Waals surface area contributed by atoms with Gasteiger partial charge in [-0.15, -0.1) is 0 Å². The number of aromatic nitrogens is 3. The van der Waals surface area contributed by atoms with Gasteiger partial charge in [-0.3, -0.25) is 5.10 Å². The normalized spacial score (nSPS) is 21.6. The Hall–Kier alpha value is -2.40. The van der Waals surface area contributed by atoms with Gasteiger partial charge in [0.2, 0.25) is 0 Å². The van der Waals surface area contributed by atoms with Crippen molar-refractivity contribution in [3.05, 3.63) is 42.6 Å². The number of aliphatic hydroxyl groups excluding tert-OH is 1. The van der Waals surface area contributed by atoms with Crippen LogP contribution in [0.3, 0.4) is 0 Å². The summed E-state index contributed by atoms with van der Waals surface area (Å²) < 4.78 is 0. The Balaban J connectivity index is 1.76. The predicted octanol–water partition coefficient (Wildman–Crippen LogP) is 2.58. The zero-order valence-corrected chi connectivity index (χ0v) is 12.4. The molecule has 5 heteroatoms. The molecule has 3 heterocycles. The molecular formula is C17H18N4O. The number of nitrogens with one attached hydrogen (secondary N) is 1. The van der Waals surface area contributed by atoms with Crippen LogP contribution in [0.25, 0.3) is 22.2 Å². The summed E-state index contributed by atoms with van der Waals surface area (Å²) in [6.45, 7) is 2.76. The molecule has 4 rings (SSSR count). The molecule has 112 valence electrons. The van der Waals surface area contributed by atoms with E-state index in [1.165, 1.54) is 0 Å².